The fourth-order valence-corrected chi connectivity index (χ4v) is 4.61. The molecular weight excluding hydrogens is 310 g/mol. The van der Waals surface area contributed by atoms with Gasteiger partial charge in [0.15, 0.2) is 0 Å². The third-order valence-corrected chi connectivity index (χ3v) is 6.28. The highest BCUT2D eigenvalue weighted by molar-refractivity contribution is 5.79. The normalized spacial score (nSPS) is 31.7. The third-order valence-electron chi connectivity index (χ3n) is 6.28. The molecule has 1 N–H and O–H groups in total. The molecule has 0 radical (unpaired) electrons. The quantitative estimate of drug-likeness (QED) is 0.610. The van der Waals surface area contributed by atoms with Crippen molar-refractivity contribution in [2.45, 2.75) is 66.3 Å². The molecule has 140 valence electrons. The summed E-state index contributed by atoms with van der Waals surface area (Å²) in [4.78, 5) is 14.1. The highest BCUT2D eigenvalue weighted by Crippen LogP contribution is 2.57. The number of hydrogen-bond donors (Lipinski definition) is 1. The van der Waals surface area contributed by atoms with Crippen LogP contribution in [0.3, 0.4) is 0 Å². The van der Waals surface area contributed by atoms with Crippen LogP contribution in [0.1, 0.15) is 60.3 Å². The number of aliphatic carboxylic acids is 1. The first kappa shape index (κ1) is 19.8. The molecule has 0 bridgehead atoms. The van der Waals surface area contributed by atoms with Gasteiger partial charge in [0.1, 0.15) is 0 Å². The minimum atomic E-state index is -0.666. The van der Waals surface area contributed by atoms with Crippen LogP contribution >= 0.6 is 0 Å². The van der Waals surface area contributed by atoms with Crippen molar-refractivity contribution in [1.82, 2.24) is 4.90 Å². The predicted octanol–water partition coefficient (Wildman–Crippen LogP) is 5.26. The topological polar surface area (TPSA) is 40.5 Å². The molecule has 0 aromatic carbocycles. The molecule has 0 amide bonds. The smallest absolute Gasteiger partial charge is 0.310 e. The van der Waals surface area contributed by atoms with Crippen molar-refractivity contribution in [2.24, 2.45) is 22.7 Å². The lowest BCUT2D eigenvalue weighted by Gasteiger charge is -2.39. The Morgan fingerprint density at radius 3 is 2.28 bits per heavy atom. The molecule has 2 aliphatic rings. The third kappa shape index (κ3) is 3.86. The van der Waals surface area contributed by atoms with Crippen LogP contribution in [0, 0.1) is 22.7 Å². The fraction of sp³-hybridized carbons (Fsp3) is 0.682. The van der Waals surface area contributed by atoms with E-state index in [0.29, 0.717) is 12.3 Å². The zero-order valence-electron chi connectivity index (χ0n) is 16.7. The molecule has 0 spiro atoms. The van der Waals surface area contributed by atoms with Gasteiger partial charge in [-0.05, 0) is 44.4 Å². The van der Waals surface area contributed by atoms with Gasteiger partial charge in [0.05, 0.1) is 5.41 Å². The van der Waals surface area contributed by atoms with Crippen molar-refractivity contribution in [3.8, 4) is 0 Å². The Morgan fingerprint density at radius 1 is 1.28 bits per heavy atom. The molecule has 25 heavy (non-hydrogen) atoms. The van der Waals surface area contributed by atoms with Gasteiger partial charge in [-0.2, -0.15) is 0 Å². The highest BCUT2D eigenvalue weighted by atomic mass is 16.4. The van der Waals surface area contributed by atoms with Crippen LogP contribution in [-0.2, 0) is 4.79 Å². The van der Waals surface area contributed by atoms with E-state index in [1.54, 1.807) is 0 Å². The van der Waals surface area contributed by atoms with Crippen molar-refractivity contribution in [1.29, 1.82) is 0 Å². The monoisotopic (exact) mass is 345 g/mol. The highest BCUT2D eigenvalue weighted by Gasteiger charge is 2.58. The Hall–Kier alpha value is -1.51. The van der Waals surface area contributed by atoms with Gasteiger partial charge < -0.3 is 10.0 Å². The standard InChI is InChI=1S/C22H35NO2/c1-14(2)10-21(7,8)18(6)23-13-15(3)9-19(23)16(4)11-22(20(24)25)12-17(22)5/h15,17,19H,1,4,6,9-13H2,2-3,5,7-8H3,(H,24,25). The molecule has 3 heteroatoms. The van der Waals surface area contributed by atoms with Crippen molar-refractivity contribution in [3.05, 3.63) is 36.6 Å². The maximum Gasteiger partial charge on any atom is 0.310 e. The van der Waals surface area contributed by atoms with E-state index in [2.05, 4.69) is 52.3 Å². The summed E-state index contributed by atoms with van der Waals surface area (Å²) in [6.07, 6.45) is 3.30. The zero-order valence-corrected chi connectivity index (χ0v) is 16.7. The molecule has 4 unspecified atom stereocenters. The van der Waals surface area contributed by atoms with Gasteiger partial charge in [0.2, 0.25) is 0 Å². The summed E-state index contributed by atoms with van der Waals surface area (Å²) < 4.78 is 0. The summed E-state index contributed by atoms with van der Waals surface area (Å²) in [5.74, 6) is 0.147. The SMILES string of the molecule is C=C(C)CC(C)(C)C(=C)N1CC(C)CC1C(=C)CC1(C(=O)O)CC1C. The van der Waals surface area contributed by atoms with E-state index in [1.165, 1.54) is 0 Å². The largest absolute Gasteiger partial charge is 0.481 e. The zero-order chi connectivity index (χ0) is 19.2. The van der Waals surface area contributed by atoms with E-state index >= 15 is 0 Å². The second-order valence-corrected chi connectivity index (χ2v) is 9.37. The predicted molar refractivity (Wildman–Crippen MR) is 104 cm³/mol. The number of rotatable bonds is 8. The van der Waals surface area contributed by atoms with Gasteiger partial charge in [-0.3, -0.25) is 4.79 Å². The van der Waals surface area contributed by atoms with Crippen LogP contribution in [0.25, 0.3) is 0 Å². The van der Waals surface area contributed by atoms with E-state index < -0.39 is 11.4 Å². The van der Waals surface area contributed by atoms with Gasteiger partial charge in [-0.25, -0.2) is 0 Å². The lowest BCUT2D eigenvalue weighted by molar-refractivity contribution is -0.143. The number of carboxylic acid groups (broad SMARTS) is 1. The number of hydrogen-bond acceptors (Lipinski definition) is 2. The number of nitrogens with zero attached hydrogens (tertiary/aromatic N) is 1. The molecule has 1 aliphatic heterocycles. The summed E-state index contributed by atoms with van der Waals surface area (Å²) in [5.41, 5.74) is 2.71. The molecule has 0 aromatic heterocycles. The minimum Gasteiger partial charge on any atom is -0.481 e. The molecule has 4 atom stereocenters. The van der Waals surface area contributed by atoms with Crippen molar-refractivity contribution in [2.75, 3.05) is 6.54 Å². The first-order valence-corrected chi connectivity index (χ1v) is 9.42. The van der Waals surface area contributed by atoms with Crippen molar-refractivity contribution in [3.63, 3.8) is 0 Å². The molecule has 1 heterocycles. The number of carboxylic acids is 1. The molecule has 2 fully saturated rings. The maximum absolute atomic E-state index is 11.7. The Kier molecular flexibility index (Phi) is 5.28. The van der Waals surface area contributed by atoms with Crippen LogP contribution < -0.4 is 0 Å². The van der Waals surface area contributed by atoms with E-state index in [4.69, 9.17) is 0 Å². The Bertz CT molecular complexity index is 603. The lowest BCUT2D eigenvalue weighted by Crippen LogP contribution is -2.37. The van der Waals surface area contributed by atoms with Gasteiger partial charge >= 0.3 is 5.97 Å². The molecule has 1 aliphatic carbocycles. The average molecular weight is 346 g/mol. The van der Waals surface area contributed by atoms with E-state index in [9.17, 15) is 9.90 Å². The molecule has 0 aromatic rings. The van der Waals surface area contributed by atoms with E-state index in [-0.39, 0.29) is 17.4 Å². The average Bonchev–Trinajstić information content (AvgIpc) is 2.94. The minimum absolute atomic E-state index is 0.0498. The van der Waals surface area contributed by atoms with Crippen molar-refractivity contribution < 1.29 is 9.90 Å². The maximum atomic E-state index is 11.7. The van der Waals surface area contributed by atoms with Gasteiger partial charge in [0.25, 0.3) is 0 Å². The Morgan fingerprint density at radius 2 is 1.84 bits per heavy atom. The van der Waals surface area contributed by atoms with Crippen LogP contribution in [0.2, 0.25) is 0 Å². The Balaban J connectivity index is 2.16. The lowest BCUT2D eigenvalue weighted by atomic mass is 9.82. The molecular formula is C22H35NO2. The number of allylic oxidation sites excluding steroid dienone is 2. The second kappa shape index (κ2) is 6.66. The number of carbonyl (C=O) groups is 1. The Labute approximate surface area is 153 Å². The second-order valence-electron chi connectivity index (χ2n) is 9.37. The molecule has 3 nitrogen and oxygen atoms in total. The van der Waals surface area contributed by atoms with Gasteiger partial charge in [-0.1, -0.05) is 52.0 Å². The van der Waals surface area contributed by atoms with Crippen LogP contribution in [0.15, 0.2) is 36.6 Å². The van der Waals surface area contributed by atoms with Gasteiger partial charge in [-0.15, -0.1) is 6.58 Å². The summed E-state index contributed by atoms with van der Waals surface area (Å²) >= 11 is 0. The van der Waals surface area contributed by atoms with E-state index in [0.717, 1.165) is 42.7 Å². The molecule has 1 saturated carbocycles. The summed E-state index contributed by atoms with van der Waals surface area (Å²) in [5, 5.41) is 9.64. The fourth-order valence-electron chi connectivity index (χ4n) is 4.61. The first-order chi connectivity index (χ1) is 11.4. The van der Waals surface area contributed by atoms with E-state index in [1.807, 2.05) is 6.92 Å². The summed E-state index contributed by atoms with van der Waals surface area (Å²) in [7, 11) is 0. The first-order valence-electron chi connectivity index (χ1n) is 9.42. The van der Waals surface area contributed by atoms with Crippen LogP contribution in [-0.4, -0.2) is 28.6 Å². The van der Waals surface area contributed by atoms with Crippen LogP contribution in [0.4, 0.5) is 0 Å². The molecule has 1 saturated heterocycles. The van der Waals surface area contributed by atoms with Crippen LogP contribution in [0.5, 0.6) is 0 Å². The number of likely N-dealkylation sites (tertiary alicyclic amines) is 1. The summed E-state index contributed by atoms with van der Waals surface area (Å²) in [6, 6.07) is 0.205. The van der Waals surface area contributed by atoms with Gasteiger partial charge in [0, 0.05) is 23.7 Å². The molecule has 2 rings (SSSR count). The van der Waals surface area contributed by atoms with Crippen molar-refractivity contribution >= 4 is 5.97 Å². The summed E-state index contributed by atoms with van der Waals surface area (Å²) in [6.45, 7) is 24.6.